The van der Waals surface area contributed by atoms with Crippen LogP contribution in [-0.4, -0.2) is 63.2 Å². The molecule has 0 radical (unpaired) electrons. The van der Waals surface area contributed by atoms with Crippen LogP contribution in [-0.2, 0) is 11.3 Å². The van der Waals surface area contributed by atoms with Gasteiger partial charge < -0.3 is 9.72 Å². The predicted octanol–water partition coefficient (Wildman–Crippen LogP) is 3.52. The van der Waals surface area contributed by atoms with Gasteiger partial charge in [0, 0.05) is 31.7 Å². The maximum absolute atomic E-state index is 13.2. The van der Waals surface area contributed by atoms with E-state index in [0.29, 0.717) is 29.0 Å². The monoisotopic (exact) mass is 494 g/mol. The number of carbonyl (C=O) groups excluding carboxylic acids is 1. The molecule has 2 N–H and O–H groups in total. The number of aromatic nitrogens is 4. The maximum Gasteiger partial charge on any atom is 0.261 e. The van der Waals surface area contributed by atoms with E-state index in [-0.39, 0.29) is 11.5 Å². The summed E-state index contributed by atoms with van der Waals surface area (Å²) in [7, 11) is 0. The molecule has 0 spiro atoms. The molecule has 1 aliphatic rings. The van der Waals surface area contributed by atoms with E-state index in [4.69, 9.17) is 4.74 Å². The van der Waals surface area contributed by atoms with E-state index in [9.17, 15) is 9.59 Å². The van der Waals surface area contributed by atoms with Crippen molar-refractivity contribution >= 4 is 33.8 Å². The van der Waals surface area contributed by atoms with Gasteiger partial charge >= 0.3 is 0 Å². The van der Waals surface area contributed by atoms with Crippen molar-refractivity contribution in [1.82, 2.24) is 24.4 Å². The van der Waals surface area contributed by atoms with Gasteiger partial charge in [0.1, 0.15) is 0 Å². The van der Waals surface area contributed by atoms with Crippen LogP contribution in [0.3, 0.4) is 0 Å². The lowest BCUT2D eigenvalue weighted by atomic mass is 10.0. The first-order chi connectivity index (χ1) is 18.1. The van der Waals surface area contributed by atoms with Crippen LogP contribution in [0.1, 0.15) is 10.4 Å². The Kier molecular flexibility index (Phi) is 6.21. The predicted molar refractivity (Wildman–Crippen MR) is 143 cm³/mol. The van der Waals surface area contributed by atoms with Gasteiger partial charge in [0.2, 0.25) is 5.95 Å². The van der Waals surface area contributed by atoms with Gasteiger partial charge in [-0.2, -0.15) is 0 Å². The number of nitrogens with zero attached hydrogens (tertiary/aromatic N) is 4. The van der Waals surface area contributed by atoms with Crippen LogP contribution < -0.4 is 10.9 Å². The first-order valence-corrected chi connectivity index (χ1v) is 12.3. The molecule has 0 bridgehead atoms. The summed E-state index contributed by atoms with van der Waals surface area (Å²) in [4.78, 5) is 40.2. The van der Waals surface area contributed by atoms with Crippen molar-refractivity contribution in [1.29, 1.82) is 0 Å². The molecule has 0 saturated carbocycles. The number of morpholine rings is 1. The van der Waals surface area contributed by atoms with E-state index in [1.165, 1.54) is 0 Å². The van der Waals surface area contributed by atoms with Crippen molar-refractivity contribution in [2.75, 3.05) is 38.2 Å². The molecule has 1 fully saturated rings. The molecule has 6 rings (SSSR count). The zero-order chi connectivity index (χ0) is 25.2. The van der Waals surface area contributed by atoms with Crippen molar-refractivity contribution in [3.05, 3.63) is 89.0 Å². The molecule has 3 heterocycles. The van der Waals surface area contributed by atoms with Gasteiger partial charge in [-0.3, -0.25) is 24.4 Å². The first-order valence-electron chi connectivity index (χ1n) is 12.3. The lowest BCUT2D eigenvalue weighted by molar-refractivity contribution is 0.0362. The fourth-order valence-corrected chi connectivity index (χ4v) is 4.59. The SMILES string of the molecule is O=C(Nc1nc2ccc(-c3ccc4ncn(CCN5CCOCC5)c(=O)c4c3)cc2[nH]1)c1ccccc1. The lowest BCUT2D eigenvalue weighted by Crippen LogP contribution is -2.39. The van der Waals surface area contributed by atoms with Gasteiger partial charge in [0.15, 0.2) is 0 Å². The van der Waals surface area contributed by atoms with Crippen LogP contribution in [0.25, 0.3) is 33.1 Å². The first kappa shape index (κ1) is 23.1. The highest BCUT2D eigenvalue weighted by Gasteiger charge is 2.13. The number of aromatic amines is 1. The van der Waals surface area contributed by atoms with E-state index in [1.807, 2.05) is 54.6 Å². The minimum absolute atomic E-state index is 0.0476. The summed E-state index contributed by atoms with van der Waals surface area (Å²) < 4.78 is 7.09. The van der Waals surface area contributed by atoms with Crippen molar-refractivity contribution in [3.8, 4) is 11.1 Å². The number of benzene rings is 3. The Bertz CT molecular complexity index is 1640. The molecular weight excluding hydrogens is 468 g/mol. The number of rotatable bonds is 6. The topological polar surface area (TPSA) is 105 Å². The van der Waals surface area contributed by atoms with E-state index in [2.05, 4.69) is 25.2 Å². The van der Waals surface area contributed by atoms with Crippen LogP contribution in [0.2, 0.25) is 0 Å². The number of fused-ring (bicyclic) bond motifs is 2. The van der Waals surface area contributed by atoms with Crippen LogP contribution in [0.15, 0.2) is 77.9 Å². The van der Waals surface area contributed by atoms with E-state index in [0.717, 1.165) is 55.0 Å². The van der Waals surface area contributed by atoms with Gasteiger partial charge in [-0.05, 0) is 47.5 Å². The highest BCUT2D eigenvalue weighted by atomic mass is 16.5. The summed E-state index contributed by atoms with van der Waals surface area (Å²) in [5.41, 5.74) is 4.54. The number of ether oxygens (including phenoxy) is 1. The summed E-state index contributed by atoms with van der Waals surface area (Å²) in [6, 6.07) is 20.6. The van der Waals surface area contributed by atoms with E-state index >= 15 is 0 Å². The molecule has 37 heavy (non-hydrogen) atoms. The Morgan fingerprint density at radius 2 is 1.70 bits per heavy atom. The Hall–Kier alpha value is -4.34. The third-order valence-electron chi connectivity index (χ3n) is 6.67. The summed E-state index contributed by atoms with van der Waals surface area (Å²) in [5.74, 6) is 0.152. The third kappa shape index (κ3) is 4.87. The fraction of sp³-hybridized carbons (Fsp3) is 0.214. The molecule has 9 nitrogen and oxygen atoms in total. The molecule has 1 amide bonds. The molecule has 186 valence electrons. The minimum atomic E-state index is -0.230. The molecule has 9 heteroatoms. The van der Waals surface area contributed by atoms with Crippen molar-refractivity contribution < 1.29 is 9.53 Å². The number of imidazole rings is 1. The second-order valence-electron chi connectivity index (χ2n) is 9.07. The van der Waals surface area contributed by atoms with Crippen molar-refractivity contribution in [2.45, 2.75) is 6.54 Å². The fourth-order valence-electron chi connectivity index (χ4n) is 4.59. The highest BCUT2D eigenvalue weighted by Crippen LogP contribution is 2.26. The van der Waals surface area contributed by atoms with Crippen LogP contribution in [0.4, 0.5) is 5.95 Å². The molecule has 0 atom stereocenters. The smallest absolute Gasteiger partial charge is 0.261 e. The number of H-pyrrole nitrogens is 1. The van der Waals surface area contributed by atoms with Crippen molar-refractivity contribution in [3.63, 3.8) is 0 Å². The maximum atomic E-state index is 13.2. The largest absolute Gasteiger partial charge is 0.379 e. The van der Waals surface area contributed by atoms with E-state index < -0.39 is 0 Å². The molecular formula is C28H26N6O3. The molecule has 2 aromatic heterocycles. The molecule has 0 aliphatic carbocycles. The van der Waals surface area contributed by atoms with Crippen LogP contribution >= 0.6 is 0 Å². The highest BCUT2D eigenvalue weighted by molar-refractivity contribution is 6.04. The number of anilines is 1. The average molecular weight is 495 g/mol. The lowest BCUT2D eigenvalue weighted by Gasteiger charge is -2.26. The van der Waals surface area contributed by atoms with Crippen LogP contribution in [0, 0.1) is 0 Å². The zero-order valence-corrected chi connectivity index (χ0v) is 20.2. The summed E-state index contributed by atoms with van der Waals surface area (Å²) in [6.45, 7) is 4.60. The van der Waals surface area contributed by atoms with Crippen molar-refractivity contribution in [2.24, 2.45) is 0 Å². The standard InChI is InChI=1S/C28H26N6O3/c35-26(19-4-2-1-3-5-19)32-28-30-24-9-7-21(17-25(24)31-28)20-6-8-23-22(16-20)27(36)34(18-29-23)11-10-33-12-14-37-15-13-33/h1-9,16-18H,10-15H2,(H2,30,31,32,35). The Morgan fingerprint density at radius 1 is 0.946 bits per heavy atom. The summed E-state index contributed by atoms with van der Waals surface area (Å²) in [6.07, 6.45) is 1.63. The van der Waals surface area contributed by atoms with Gasteiger partial charge in [-0.15, -0.1) is 0 Å². The van der Waals surface area contributed by atoms with Crippen LogP contribution in [0.5, 0.6) is 0 Å². The van der Waals surface area contributed by atoms with E-state index in [1.54, 1.807) is 23.0 Å². The molecule has 0 unspecified atom stereocenters. The average Bonchev–Trinajstić information content (AvgIpc) is 3.35. The number of hydrogen-bond donors (Lipinski definition) is 2. The second-order valence-corrected chi connectivity index (χ2v) is 9.07. The Balaban J connectivity index is 1.25. The second kappa shape index (κ2) is 9.96. The van der Waals surface area contributed by atoms with Gasteiger partial charge in [0.25, 0.3) is 11.5 Å². The summed E-state index contributed by atoms with van der Waals surface area (Å²) in [5, 5.41) is 3.40. The normalized spacial score (nSPS) is 14.3. The van der Waals surface area contributed by atoms with Gasteiger partial charge in [0.05, 0.1) is 41.5 Å². The number of amides is 1. The van der Waals surface area contributed by atoms with Gasteiger partial charge in [-0.25, -0.2) is 9.97 Å². The Morgan fingerprint density at radius 3 is 2.51 bits per heavy atom. The number of carbonyl (C=O) groups is 1. The molecule has 1 aliphatic heterocycles. The summed E-state index contributed by atoms with van der Waals surface area (Å²) >= 11 is 0. The zero-order valence-electron chi connectivity index (χ0n) is 20.2. The molecule has 5 aromatic rings. The van der Waals surface area contributed by atoms with Gasteiger partial charge in [-0.1, -0.05) is 30.3 Å². The molecule has 1 saturated heterocycles. The quantitative estimate of drug-likeness (QED) is 0.374. The third-order valence-corrected chi connectivity index (χ3v) is 6.67. The Labute approximate surface area is 212 Å². The minimum Gasteiger partial charge on any atom is -0.379 e. The number of nitrogens with one attached hydrogen (secondary N) is 2. The number of hydrogen-bond acceptors (Lipinski definition) is 6. The molecule has 3 aromatic carbocycles.